The number of rotatable bonds is 8. The Morgan fingerprint density at radius 3 is 2.48 bits per heavy atom. The van der Waals surface area contributed by atoms with E-state index >= 15 is 0 Å². The Kier molecular flexibility index (Phi) is 6.94. The highest BCUT2D eigenvalue weighted by molar-refractivity contribution is 5.74. The van der Waals surface area contributed by atoms with Crippen LogP contribution in [0.15, 0.2) is 0 Å². The molecule has 1 fully saturated rings. The monoisotopic (exact) mass is 300 g/mol. The second-order valence-electron chi connectivity index (χ2n) is 6.41. The average Bonchev–Trinajstić information content (AvgIpc) is 2.48. The first-order valence-electron chi connectivity index (χ1n) is 8.14. The summed E-state index contributed by atoms with van der Waals surface area (Å²) in [4.78, 5) is 12.1. The van der Waals surface area contributed by atoms with Gasteiger partial charge in [0.15, 0.2) is 0 Å². The Hall–Kier alpha value is -0.810. The largest absolute Gasteiger partial charge is 0.396 e. The van der Waals surface area contributed by atoms with Crippen LogP contribution in [0.1, 0.15) is 47.0 Å². The number of amides is 2. The summed E-state index contributed by atoms with van der Waals surface area (Å²) in [5, 5.41) is 14.9. The summed E-state index contributed by atoms with van der Waals surface area (Å²) in [7, 11) is 1.76. The summed E-state index contributed by atoms with van der Waals surface area (Å²) in [6.45, 7) is 9.23. The van der Waals surface area contributed by atoms with Crippen LogP contribution in [0.5, 0.6) is 0 Å². The molecule has 0 bridgehead atoms. The van der Waals surface area contributed by atoms with E-state index in [1.165, 1.54) is 0 Å². The zero-order chi connectivity index (χ0) is 16.0. The first-order valence-corrected chi connectivity index (χ1v) is 8.14. The standard InChI is InChI=1S/C16H32N2O3/c1-6-16(7-2)13(12(4)14(16)21-5)18-15(20)17-10-11(3)8-9-19/h11-14,19H,6-10H2,1-5H3,(H2,17,18,20). The Labute approximate surface area is 128 Å². The van der Waals surface area contributed by atoms with Gasteiger partial charge in [-0.2, -0.15) is 0 Å². The van der Waals surface area contributed by atoms with Crippen LogP contribution in [-0.2, 0) is 4.74 Å². The zero-order valence-electron chi connectivity index (χ0n) is 14.1. The van der Waals surface area contributed by atoms with Crippen LogP contribution in [-0.4, -0.2) is 43.5 Å². The van der Waals surface area contributed by atoms with Crippen LogP contribution in [0.25, 0.3) is 0 Å². The van der Waals surface area contributed by atoms with E-state index in [1.54, 1.807) is 7.11 Å². The van der Waals surface area contributed by atoms with E-state index in [9.17, 15) is 4.79 Å². The summed E-state index contributed by atoms with van der Waals surface area (Å²) in [6.07, 6.45) is 2.92. The van der Waals surface area contributed by atoms with Crippen molar-refractivity contribution in [1.29, 1.82) is 0 Å². The molecule has 0 saturated heterocycles. The molecule has 5 nitrogen and oxygen atoms in total. The summed E-state index contributed by atoms with van der Waals surface area (Å²) in [5.74, 6) is 0.615. The fraction of sp³-hybridized carbons (Fsp3) is 0.938. The molecule has 0 spiro atoms. The molecular weight excluding hydrogens is 268 g/mol. The molecule has 21 heavy (non-hydrogen) atoms. The van der Waals surface area contributed by atoms with Crippen molar-refractivity contribution in [2.24, 2.45) is 17.3 Å². The molecule has 1 saturated carbocycles. The third-order valence-corrected chi connectivity index (χ3v) is 5.28. The van der Waals surface area contributed by atoms with Gasteiger partial charge in [0.05, 0.1) is 6.10 Å². The lowest BCUT2D eigenvalue weighted by Crippen LogP contribution is -2.70. The van der Waals surface area contributed by atoms with Gasteiger partial charge >= 0.3 is 6.03 Å². The minimum absolute atomic E-state index is 0.0439. The van der Waals surface area contributed by atoms with E-state index in [1.807, 2.05) is 6.92 Å². The molecule has 4 unspecified atom stereocenters. The maximum Gasteiger partial charge on any atom is 0.315 e. The second kappa shape index (κ2) is 7.99. The van der Waals surface area contributed by atoms with Crippen molar-refractivity contribution in [3.8, 4) is 0 Å². The maximum absolute atomic E-state index is 12.1. The molecule has 0 aliphatic heterocycles. The molecule has 1 aliphatic rings. The lowest BCUT2D eigenvalue weighted by molar-refractivity contribution is -0.164. The number of ether oxygens (including phenoxy) is 1. The third kappa shape index (κ3) is 3.69. The average molecular weight is 300 g/mol. The molecule has 3 N–H and O–H groups in total. The van der Waals surface area contributed by atoms with Crippen molar-refractivity contribution in [3.63, 3.8) is 0 Å². The highest BCUT2D eigenvalue weighted by Gasteiger charge is 2.58. The summed E-state index contributed by atoms with van der Waals surface area (Å²) in [5.41, 5.74) is 0.0439. The van der Waals surface area contributed by atoms with Crippen LogP contribution in [0.4, 0.5) is 4.79 Å². The van der Waals surface area contributed by atoms with Gasteiger partial charge in [0.2, 0.25) is 0 Å². The predicted molar refractivity (Wildman–Crippen MR) is 84.2 cm³/mol. The molecule has 2 amide bonds. The molecule has 124 valence electrons. The number of hydrogen-bond donors (Lipinski definition) is 3. The van der Waals surface area contributed by atoms with Crippen molar-refractivity contribution in [2.45, 2.75) is 59.1 Å². The minimum Gasteiger partial charge on any atom is -0.396 e. The van der Waals surface area contributed by atoms with Gasteiger partial charge in [0, 0.05) is 37.6 Å². The summed E-state index contributed by atoms with van der Waals surface area (Å²) < 4.78 is 5.64. The highest BCUT2D eigenvalue weighted by atomic mass is 16.5. The van der Waals surface area contributed by atoms with Gasteiger partial charge in [-0.3, -0.25) is 0 Å². The fourth-order valence-corrected chi connectivity index (χ4v) is 3.88. The number of methoxy groups -OCH3 is 1. The van der Waals surface area contributed by atoms with Crippen molar-refractivity contribution in [2.75, 3.05) is 20.3 Å². The van der Waals surface area contributed by atoms with Crippen LogP contribution < -0.4 is 10.6 Å². The maximum atomic E-state index is 12.1. The van der Waals surface area contributed by atoms with Gasteiger partial charge in [-0.15, -0.1) is 0 Å². The van der Waals surface area contributed by atoms with Gasteiger partial charge < -0.3 is 20.5 Å². The van der Waals surface area contributed by atoms with E-state index in [4.69, 9.17) is 9.84 Å². The van der Waals surface area contributed by atoms with Crippen molar-refractivity contribution in [3.05, 3.63) is 0 Å². The van der Waals surface area contributed by atoms with Gasteiger partial charge in [0.1, 0.15) is 0 Å². The van der Waals surface area contributed by atoms with Crippen LogP contribution in [0.2, 0.25) is 0 Å². The van der Waals surface area contributed by atoms with Crippen LogP contribution in [0, 0.1) is 17.3 Å². The molecule has 0 aromatic carbocycles. The fourth-order valence-electron chi connectivity index (χ4n) is 3.88. The molecule has 0 heterocycles. The molecule has 1 rings (SSSR count). The van der Waals surface area contributed by atoms with Gasteiger partial charge in [-0.1, -0.05) is 27.7 Å². The first kappa shape index (κ1) is 18.2. The molecule has 1 aliphatic carbocycles. The Bertz CT molecular complexity index is 331. The molecule has 5 heteroatoms. The van der Waals surface area contributed by atoms with E-state index < -0.39 is 0 Å². The van der Waals surface area contributed by atoms with Crippen LogP contribution in [0.3, 0.4) is 0 Å². The Morgan fingerprint density at radius 2 is 2.00 bits per heavy atom. The predicted octanol–water partition coefficient (Wildman–Crippen LogP) is 2.14. The number of carbonyl (C=O) groups excluding carboxylic acids is 1. The van der Waals surface area contributed by atoms with Crippen LogP contribution >= 0.6 is 0 Å². The number of nitrogens with one attached hydrogen (secondary N) is 2. The summed E-state index contributed by atoms with van der Waals surface area (Å²) >= 11 is 0. The third-order valence-electron chi connectivity index (χ3n) is 5.28. The normalized spacial score (nSPS) is 28.6. The SMILES string of the molecule is CCC1(CC)C(NC(=O)NCC(C)CCO)C(C)C1OC. The smallest absolute Gasteiger partial charge is 0.315 e. The second-order valence-corrected chi connectivity index (χ2v) is 6.41. The van der Waals surface area contributed by atoms with Gasteiger partial charge in [-0.05, 0) is 25.2 Å². The molecule has 0 aromatic heterocycles. The minimum atomic E-state index is -0.113. The number of hydrogen-bond acceptors (Lipinski definition) is 3. The number of carbonyl (C=O) groups is 1. The topological polar surface area (TPSA) is 70.6 Å². The summed E-state index contributed by atoms with van der Waals surface area (Å²) in [6, 6.07) is 0.0445. The van der Waals surface area contributed by atoms with E-state index in [-0.39, 0.29) is 36.1 Å². The molecule has 4 atom stereocenters. The Balaban J connectivity index is 2.54. The van der Waals surface area contributed by atoms with Gasteiger partial charge in [0.25, 0.3) is 0 Å². The van der Waals surface area contributed by atoms with Gasteiger partial charge in [-0.25, -0.2) is 4.79 Å². The quantitative estimate of drug-likeness (QED) is 0.643. The number of urea groups is 1. The molecule has 0 radical (unpaired) electrons. The zero-order valence-corrected chi connectivity index (χ0v) is 14.1. The van der Waals surface area contributed by atoms with E-state index in [2.05, 4.69) is 31.4 Å². The Morgan fingerprint density at radius 1 is 1.38 bits per heavy atom. The van der Waals surface area contributed by atoms with E-state index in [0.717, 1.165) is 12.8 Å². The first-order chi connectivity index (χ1) is 9.96. The lowest BCUT2D eigenvalue weighted by Gasteiger charge is -2.59. The number of aliphatic hydroxyl groups is 1. The lowest BCUT2D eigenvalue weighted by atomic mass is 9.53. The number of aliphatic hydroxyl groups excluding tert-OH is 1. The van der Waals surface area contributed by atoms with Crippen molar-refractivity contribution < 1.29 is 14.6 Å². The highest BCUT2D eigenvalue weighted by Crippen LogP contribution is 2.52. The van der Waals surface area contributed by atoms with E-state index in [0.29, 0.717) is 18.9 Å². The molecule has 0 aromatic rings. The van der Waals surface area contributed by atoms with Crippen molar-refractivity contribution >= 4 is 6.03 Å². The molecular formula is C16H32N2O3. The van der Waals surface area contributed by atoms with Crippen molar-refractivity contribution in [1.82, 2.24) is 10.6 Å².